The van der Waals surface area contributed by atoms with Crippen LogP contribution in [0.5, 0.6) is 0 Å². The highest BCUT2D eigenvalue weighted by atomic mass is 35.5. The molecule has 5 nitrogen and oxygen atoms in total. The topological polar surface area (TPSA) is 48.5 Å². The Labute approximate surface area is 93.9 Å². The summed E-state index contributed by atoms with van der Waals surface area (Å²) in [6.07, 6.45) is 7.20. The van der Waals surface area contributed by atoms with Gasteiger partial charge in [0.25, 0.3) is 0 Å². The molecule has 0 fully saturated rings. The average Bonchev–Trinajstić information content (AvgIpc) is 2.74. The van der Waals surface area contributed by atoms with E-state index in [1.165, 1.54) is 0 Å². The maximum absolute atomic E-state index is 4.07. The molecular formula is C7H11Cl2N5. The second-order valence-corrected chi connectivity index (χ2v) is 2.44. The van der Waals surface area contributed by atoms with E-state index in [2.05, 4.69) is 15.4 Å². The Kier molecular flexibility index (Phi) is 5.91. The van der Waals surface area contributed by atoms with Crippen LogP contribution in [0.2, 0.25) is 0 Å². The van der Waals surface area contributed by atoms with E-state index in [1.54, 1.807) is 17.1 Å². The van der Waals surface area contributed by atoms with E-state index in [1.807, 2.05) is 23.1 Å². The molecule has 78 valence electrons. The van der Waals surface area contributed by atoms with E-state index in [4.69, 9.17) is 0 Å². The Morgan fingerprint density at radius 1 is 0.929 bits per heavy atom. The van der Waals surface area contributed by atoms with Gasteiger partial charge in [0.1, 0.15) is 0 Å². The van der Waals surface area contributed by atoms with Gasteiger partial charge in [-0.25, -0.2) is 0 Å². The van der Waals surface area contributed by atoms with Gasteiger partial charge in [-0.2, -0.15) is 5.10 Å². The van der Waals surface area contributed by atoms with Crippen molar-refractivity contribution in [3.8, 4) is 0 Å². The van der Waals surface area contributed by atoms with E-state index in [0.717, 1.165) is 13.1 Å². The largest absolute Gasteiger partial charge is 0.271 e. The van der Waals surface area contributed by atoms with E-state index >= 15 is 0 Å². The first kappa shape index (κ1) is 12.9. The smallest absolute Gasteiger partial charge is 0.0692 e. The van der Waals surface area contributed by atoms with Crippen molar-refractivity contribution in [2.45, 2.75) is 13.1 Å². The van der Waals surface area contributed by atoms with Gasteiger partial charge in [0, 0.05) is 18.6 Å². The summed E-state index contributed by atoms with van der Waals surface area (Å²) in [6.45, 7) is 1.64. The number of hydrogen-bond donors (Lipinski definition) is 0. The summed E-state index contributed by atoms with van der Waals surface area (Å²) in [5, 5.41) is 11.6. The summed E-state index contributed by atoms with van der Waals surface area (Å²) < 4.78 is 3.64. The molecule has 0 saturated carbocycles. The van der Waals surface area contributed by atoms with Crippen LogP contribution >= 0.6 is 24.8 Å². The zero-order valence-corrected chi connectivity index (χ0v) is 8.99. The molecule has 2 heterocycles. The highest BCUT2D eigenvalue weighted by molar-refractivity contribution is 5.85. The van der Waals surface area contributed by atoms with Crippen molar-refractivity contribution in [1.82, 2.24) is 24.8 Å². The van der Waals surface area contributed by atoms with Gasteiger partial charge in [0.2, 0.25) is 0 Å². The summed E-state index contributed by atoms with van der Waals surface area (Å²) in [6, 6.07) is 1.90. The number of nitrogens with zero attached hydrogens (tertiary/aromatic N) is 5. The Hall–Kier alpha value is -1.07. The third kappa shape index (κ3) is 3.35. The Bertz CT molecular complexity index is 283. The predicted molar refractivity (Wildman–Crippen MR) is 56.7 cm³/mol. The van der Waals surface area contributed by atoms with Crippen LogP contribution in [-0.2, 0) is 13.1 Å². The van der Waals surface area contributed by atoms with Crippen LogP contribution in [0.25, 0.3) is 0 Å². The lowest BCUT2D eigenvalue weighted by atomic mass is 10.6. The van der Waals surface area contributed by atoms with Crippen LogP contribution in [0.3, 0.4) is 0 Å². The maximum atomic E-state index is 4.07. The first-order valence-corrected chi connectivity index (χ1v) is 3.77. The molecule has 0 saturated heterocycles. The van der Waals surface area contributed by atoms with Gasteiger partial charge in [0.15, 0.2) is 0 Å². The van der Waals surface area contributed by atoms with E-state index < -0.39 is 0 Å². The first-order chi connectivity index (χ1) is 5.95. The fourth-order valence-electron chi connectivity index (χ4n) is 0.990. The van der Waals surface area contributed by atoms with Crippen LogP contribution in [0.15, 0.2) is 30.9 Å². The molecule has 0 aliphatic carbocycles. The zero-order chi connectivity index (χ0) is 8.23. The Balaban J connectivity index is 0.000000845. The molecule has 0 aliphatic rings. The van der Waals surface area contributed by atoms with Gasteiger partial charge in [-0.15, -0.1) is 29.9 Å². The molecule has 0 radical (unpaired) electrons. The van der Waals surface area contributed by atoms with Crippen molar-refractivity contribution in [3.63, 3.8) is 0 Å². The van der Waals surface area contributed by atoms with Crippen LogP contribution in [-0.4, -0.2) is 24.8 Å². The highest BCUT2D eigenvalue weighted by Gasteiger charge is 1.92. The van der Waals surface area contributed by atoms with Gasteiger partial charge in [-0.1, -0.05) is 5.21 Å². The second kappa shape index (κ2) is 6.39. The minimum Gasteiger partial charge on any atom is -0.271 e. The van der Waals surface area contributed by atoms with E-state index in [-0.39, 0.29) is 24.8 Å². The molecule has 0 aromatic carbocycles. The third-order valence-corrected chi connectivity index (χ3v) is 1.59. The molecule has 0 aliphatic heterocycles. The van der Waals surface area contributed by atoms with Crippen LogP contribution in [0.1, 0.15) is 0 Å². The Morgan fingerprint density at radius 2 is 1.71 bits per heavy atom. The molecule has 2 rings (SSSR count). The van der Waals surface area contributed by atoms with Crippen LogP contribution in [0, 0.1) is 0 Å². The lowest BCUT2D eigenvalue weighted by Crippen LogP contribution is -2.08. The summed E-state index contributed by atoms with van der Waals surface area (Å²) >= 11 is 0. The molecule has 0 unspecified atom stereocenters. The molecule has 2 aromatic heterocycles. The predicted octanol–water partition coefficient (Wildman–Crippen LogP) is 1.02. The molecule has 2 aromatic rings. The number of aromatic nitrogens is 5. The molecular weight excluding hydrogens is 225 g/mol. The number of rotatable bonds is 3. The Morgan fingerprint density at radius 3 is 2.29 bits per heavy atom. The molecule has 0 spiro atoms. The van der Waals surface area contributed by atoms with Crippen molar-refractivity contribution in [2.75, 3.05) is 0 Å². The summed E-state index contributed by atoms with van der Waals surface area (Å²) in [5.74, 6) is 0. The maximum Gasteiger partial charge on any atom is 0.0692 e. The SMILES string of the molecule is Cl.Cl.c1cnn(CCn2ccnn2)c1. The fraction of sp³-hybridized carbons (Fsp3) is 0.286. The van der Waals surface area contributed by atoms with Crippen molar-refractivity contribution >= 4 is 24.8 Å². The molecule has 0 N–H and O–H groups in total. The highest BCUT2D eigenvalue weighted by Crippen LogP contribution is 1.87. The number of halogens is 2. The van der Waals surface area contributed by atoms with Gasteiger partial charge >= 0.3 is 0 Å². The van der Waals surface area contributed by atoms with Gasteiger partial charge < -0.3 is 0 Å². The van der Waals surface area contributed by atoms with Crippen molar-refractivity contribution in [2.24, 2.45) is 0 Å². The van der Waals surface area contributed by atoms with Crippen LogP contribution in [0.4, 0.5) is 0 Å². The van der Waals surface area contributed by atoms with Gasteiger partial charge in [-0.3, -0.25) is 9.36 Å². The minimum absolute atomic E-state index is 0. The molecule has 0 bridgehead atoms. The fourth-order valence-corrected chi connectivity index (χ4v) is 0.990. The average molecular weight is 236 g/mol. The van der Waals surface area contributed by atoms with Crippen LogP contribution < -0.4 is 0 Å². The van der Waals surface area contributed by atoms with E-state index in [0.29, 0.717) is 0 Å². The summed E-state index contributed by atoms with van der Waals surface area (Å²) in [5.41, 5.74) is 0. The monoisotopic (exact) mass is 235 g/mol. The van der Waals surface area contributed by atoms with Crippen molar-refractivity contribution < 1.29 is 0 Å². The number of hydrogen-bond acceptors (Lipinski definition) is 3. The number of aryl methyl sites for hydroxylation is 2. The summed E-state index contributed by atoms with van der Waals surface area (Å²) in [4.78, 5) is 0. The zero-order valence-electron chi connectivity index (χ0n) is 7.35. The van der Waals surface area contributed by atoms with Gasteiger partial charge in [-0.05, 0) is 6.07 Å². The molecule has 7 heteroatoms. The standard InChI is InChI=1S/C7H9N5.2ClH/c1-2-9-11(4-1)6-7-12-5-3-8-10-12;;/h1-5H,6-7H2;2*1H. The first-order valence-electron chi connectivity index (χ1n) is 3.77. The molecule has 0 atom stereocenters. The second-order valence-electron chi connectivity index (χ2n) is 2.44. The van der Waals surface area contributed by atoms with E-state index in [9.17, 15) is 0 Å². The van der Waals surface area contributed by atoms with Gasteiger partial charge in [0.05, 0.1) is 19.3 Å². The lowest BCUT2D eigenvalue weighted by Gasteiger charge is -1.99. The minimum atomic E-state index is 0. The van der Waals surface area contributed by atoms with Crippen molar-refractivity contribution in [3.05, 3.63) is 30.9 Å². The quantitative estimate of drug-likeness (QED) is 0.799. The molecule has 0 amide bonds. The normalized spacial score (nSPS) is 8.86. The summed E-state index contributed by atoms with van der Waals surface area (Å²) in [7, 11) is 0. The third-order valence-electron chi connectivity index (χ3n) is 1.59. The van der Waals surface area contributed by atoms with Crippen molar-refractivity contribution in [1.29, 1.82) is 0 Å². The lowest BCUT2D eigenvalue weighted by molar-refractivity contribution is 0.490. The molecule has 14 heavy (non-hydrogen) atoms.